The van der Waals surface area contributed by atoms with Crippen LogP contribution in [0.1, 0.15) is 54.4 Å². The predicted octanol–water partition coefficient (Wildman–Crippen LogP) is 4.09. The first-order valence-corrected chi connectivity index (χ1v) is 7.24. The van der Waals surface area contributed by atoms with E-state index < -0.39 is 0 Å². The SMILES string of the molecule is CCC1O[C@H](OCCC(C)C)[C@H](C)C(C)[C@H]1C. The standard InChI is InChI=1S/C15H30O2/c1-7-14-12(5)11(4)13(6)15(17-14)16-9-8-10(2)3/h10-15H,7-9H2,1-6H3/t11?,12-,13-,14?,15+/m1/s1. The molecule has 1 aliphatic rings. The summed E-state index contributed by atoms with van der Waals surface area (Å²) in [6.07, 6.45) is 2.57. The van der Waals surface area contributed by atoms with Crippen LogP contribution in [0, 0.1) is 23.7 Å². The van der Waals surface area contributed by atoms with Crippen LogP contribution in [0.3, 0.4) is 0 Å². The average Bonchev–Trinajstić information content (AvgIpc) is 2.29. The van der Waals surface area contributed by atoms with Gasteiger partial charge in [-0.15, -0.1) is 0 Å². The van der Waals surface area contributed by atoms with Crippen LogP contribution in [0.2, 0.25) is 0 Å². The summed E-state index contributed by atoms with van der Waals surface area (Å²) in [5.41, 5.74) is 0. The van der Waals surface area contributed by atoms with Gasteiger partial charge >= 0.3 is 0 Å². The fraction of sp³-hybridized carbons (Fsp3) is 1.00. The first-order valence-electron chi connectivity index (χ1n) is 7.24. The van der Waals surface area contributed by atoms with Crippen molar-refractivity contribution in [1.29, 1.82) is 0 Å². The highest BCUT2D eigenvalue weighted by Gasteiger charge is 2.38. The summed E-state index contributed by atoms with van der Waals surface area (Å²) in [6, 6.07) is 0. The number of ether oxygens (including phenoxy) is 2. The van der Waals surface area contributed by atoms with Crippen molar-refractivity contribution in [3.8, 4) is 0 Å². The van der Waals surface area contributed by atoms with E-state index in [1.807, 2.05) is 0 Å². The van der Waals surface area contributed by atoms with Gasteiger partial charge in [0.15, 0.2) is 6.29 Å². The summed E-state index contributed by atoms with van der Waals surface area (Å²) in [7, 11) is 0. The second-order valence-electron chi connectivity index (χ2n) is 6.08. The van der Waals surface area contributed by atoms with Crippen molar-refractivity contribution in [3.63, 3.8) is 0 Å². The average molecular weight is 242 g/mol. The van der Waals surface area contributed by atoms with E-state index >= 15 is 0 Å². The normalized spacial score (nSPS) is 38.6. The molecular weight excluding hydrogens is 212 g/mol. The highest BCUT2D eigenvalue weighted by molar-refractivity contribution is 4.82. The molecule has 2 heteroatoms. The van der Waals surface area contributed by atoms with E-state index in [-0.39, 0.29) is 6.29 Å². The fourth-order valence-electron chi connectivity index (χ4n) is 2.56. The van der Waals surface area contributed by atoms with Crippen LogP contribution in [0.15, 0.2) is 0 Å². The highest BCUT2D eigenvalue weighted by Crippen LogP contribution is 2.36. The van der Waals surface area contributed by atoms with E-state index in [1.54, 1.807) is 0 Å². The minimum absolute atomic E-state index is 0.00454. The third-order valence-electron chi connectivity index (χ3n) is 4.36. The van der Waals surface area contributed by atoms with E-state index in [4.69, 9.17) is 9.47 Å². The molecule has 1 rings (SSSR count). The molecule has 2 unspecified atom stereocenters. The summed E-state index contributed by atoms with van der Waals surface area (Å²) >= 11 is 0. The molecule has 0 saturated carbocycles. The molecule has 5 atom stereocenters. The molecule has 0 spiro atoms. The smallest absolute Gasteiger partial charge is 0.160 e. The topological polar surface area (TPSA) is 18.5 Å². The minimum atomic E-state index is 0.00454. The fourth-order valence-corrected chi connectivity index (χ4v) is 2.56. The largest absolute Gasteiger partial charge is 0.352 e. The molecule has 1 fully saturated rings. The van der Waals surface area contributed by atoms with Crippen molar-refractivity contribution in [2.45, 2.75) is 66.8 Å². The second-order valence-corrected chi connectivity index (χ2v) is 6.08. The van der Waals surface area contributed by atoms with E-state index in [1.165, 1.54) is 0 Å². The van der Waals surface area contributed by atoms with Crippen LogP contribution in [0.25, 0.3) is 0 Å². The molecule has 0 bridgehead atoms. The molecule has 0 aliphatic carbocycles. The Kier molecular flexibility index (Phi) is 5.94. The molecule has 1 aliphatic heterocycles. The van der Waals surface area contributed by atoms with E-state index in [0.29, 0.717) is 29.8 Å². The third-order valence-corrected chi connectivity index (χ3v) is 4.36. The van der Waals surface area contributed by atoms with Crippen molar-refractivity contribution in [1.82, 2.24) is 0 Å². The highest BCUT2D eigenvalue weighted by atomic mass is 16.7. The Morgan fingerprint density at radius 1 is 1.06 bits per heavy atom. The predicted molar refractivity (Wildman–Crippen MR) is 71.9 cm³/mol. The van der Waals surface area contributed by atoms with Crippen LogP contribution in [-0.2, 0) is 9.47 Å². The lowest BCUT2D eigenvalue weighted by molar-refractivity contribution is -0.248. The van der Waals surface area contributed by atoms with Gasteiger partial charge in [-0.05, 0) is 30.6 Å². The molecule has 0 N–H and O–H groups in total. The summed E-state index contributed by atoms with van der Waals surface area (Å²) < 4.78 is 12.0. The zero-order valence-corrected chi connectivity index (χ0v) is 12.4. The third kappa shape index (κ3) is 3.96. The van der Waals surface area contributed by atoms with Gasteiger partial charge in [0.05, 0.1) is 6.10 Å². The summed E-state index contributed by atoms with van der Waals surface area (Å²) in [6.45, 7) is 14.4. The Morgan fingerprint density at radius 2 is 1.71 bits per heavy atom. The zero-order valence-electron chi connectivity index (χ0n) is 12.4. The maximum absolute atomic E-state index is 6.09. The number of hydrogen-bond donors (Lipinski definition) is 0. The van der Waals surface area contributed by atoms with Crippen LogP contribution >= 0.6 is 0 Å². The van der Waals surface area contributed by atoms with Crippen molar-refractivity contribution in [2.24, 2.45) is 23.7 Å². The Morgan fingerprint density at radius 3 is 2.24 bits per heavy atom. The Hall–Kier alpha value is -0.0800. The lowest BCUT2D eigenvalue weighted by atomic mass is 9.78. The second kappa shape index (κ2) is 6.75. The summed E-state index contributed by atoms with van der Waals surface area (Å²) in [4.78, 5) is 0. The molecule has 1 saturated heterocycles. The van der Waals surface area contributed by atoms with Crippen LogP contribution in [-0.4, -0.2) is 19.0 Å². The summed E-state index contributed by atoms with van der Waals surface area (Å²) in [5.74, 6) is 2.52. The van der Waals surface area contributed by atoms with E-state index in [9.17, 15) is 0 Å². The van der Waals surface area contributed by atoms with Gasteiger partial charge in [0.1, 0.15) is 0 Å². The molecule has 0 aromatic rings. The van der Waals surface area contributed by atoms with E-state index in [0.717, 1.165) is 19.4 Å². The Labute approximate surface area is 107 Å². The van der Waals surface area contributed by atoms with Crippen LogP contribution in [0.4, 0.5) is 0 Å². The lowest BCUT2D eigenvalue weighted by Gasteiger charge is -2.43. The monoisotopic (exact) mass is 242 g/mol. The maximum Gasteiger partial charge on any atom is 0.160 e. The van der Waals surface area contributed by atoms with Crippen LogP contribution < -0.4 is 0 Å². The Bertz CT molecular complexity index is 213. The van der Waals surface area contributed by atoms with Crippen molar-refractivity contribution < 1.29 is 9.47 Å². The van der Waals surface area contributed by atoms with E-state index in [2.05, 4.69) is 41.5 Å². The minimum Gasteiger partial charge on any atom is -0.352 e. The zero-order chi connectivity index (χ0) is 13.0. The Balaban J connectivity index is 2.47. The van der Waals surface area contributed by atoms with Gasteiger partial charge in [-0.2, -0.15) is 0 Å². The molecular formula is C15H30O2. The van der Waals surface area contributed by atoms with Gasteiger partial charge < -0.3 is 9.47 Å². The maximum atomic E-state index is 6.09. The van der Waals surface area contributed by atoms with Crippen molar-refractivity contribution in [2.75, 3.05) is 6.61 Å². The molecule has 0 aromatic heterocycles. The van der Waals surface area contributed by atoms with Gasteiger partial charge in [0, 0.05) is 12.5 Å². The molecule has 2 nitrogen and oxygen atoms in total. The van der Waals surface area contributed by atoms with Crippen molar-refractivity contribution in [3.05, 3.63) is 0 Å². The first kappa shape index (κ1) is 15.0. The molecule has 1 heterocycles. The van der Waals surface area contributed by atoms with Crippen LogP contribution in [0.5, 0.6) is 0 Å². The molecule has 0 amide bonds. The molecule has 17 heavy (non-hydrogen) atoms. The molecule has 102 valence electrons. The van der Waals surface area contributed by atoms with Gasteiger partial charge in [-0.3, -0.25) is 0 Å². The van der Waals surface area contributed by atoms with Gasteiger partial charge in [0.2, 0.25) is 0 Å². The number of hydrogen-bond acceptors (Lipinski definition) is 2. The summed E-state index contributed by atoms with van der Waals surface area (Å²) in [5, 5.41) is 0. The molecule has 0 radical (unpaired) electrons. The van der Waals surface area contributed by atoms with Gasteiger partial charge in [-0.25, -0.2) is 0 Å². The van der Waals surface area contributed by atoms with Gasteiger partial charge in [-0.1, -0.05) is 41.5 Å². The quantitative estimate of drug-likeness (QED) is 0.723. The van der Waals surface area contributed by atoms with Gasteiger partial charge in [0.25, 0.3) is 0 Å². The first-order chi connectivity index (χ1) is 7.97. The van der Waals surface area contributed by atoms with Crippen molar-refractivity contribution >= 4 is 0 Å². The molecule has 0 aromatic carbocycles. The lowest BCUT2D eigenvalue weighted by Crippen LogP contribution is -2.45. The number of rotatable bonds is 5.